The van der Waals surface area contributed by atoms with Crippen LogP contribution in [0.5, 0.6) is 0 Å². The van der Waals surface area contributed by atoms with Crippen molar-refractivity contribution in [3.05, 3.63) is 0 Å². The zero-order chi connectivity index (χ0) is 36.9. The number of hydrogen-bond acceptors (Lipinski definition) is 6. The first-order chi connectivity index (χ1) is 24.2. The summed E-state index contributed by atoms with van der Waals surface area (Å²) in [7, 11) is 0. The number of carbonyl (C=O) groups is 3. The van der Waals surface area contributed by atoms with Gasteiger partial charge in [0.05, 0.1) is 0 Å². The standard InChI is InChI=1S/C44H84O6/c1-6-7-8-22-31-36-44(47)50-41(38-49-43(46)35-30-26-21-17-19-24-28-33-40(4)5)37-48-42(45)34-29-25-20-16-14-12-10-9-11-13-15-18-23-27-32-39(2)3/h39-41H,6-38H2,1-5H3/t41-/m1/s1. The molecule has 0 unspecified atom stereocenters. The average Bonchev–Trinajstić information content (AvgIpc) is 3.08. The Morgan fingerprint density at radius 2 is 0.660 bits per heavy atom. The maximum atomic E-state index is 12.5. The Hall–Kier alpha value is -1.59. The molecule has 0 bridgehead atoms. The van der Waals surface area contributed by atoms with Crippen molar-refractivity contribution in [3.8, 4) is 0 Å². The highest BCUT2D eigenvalue weighted by molar-refractivity contribution is 5.71. The Kier molecular flexibility index (Phi) is 36.0. The average molecular weight is 709 g/mol. The van der Waals surface area contributed by atoms with Crippen molar-refractivity contribution in [2.75, 3.05) is 13.2 Å². The summed E-state index contributed by atoms with van der Waals surface area (Å²) in [5.41, 5.74) is 0. The minimum atomic E-state index is -0.758. The molecule has 6 heteroatoms. The lowest BCUT2D eigenvalue weighted by atomic mass is 10.0. The van der Waals surface area contributed by atoms with Crippen molar-refractivity contribution in [3.63, 3.8) is 0 Å². The second kappa shape index (κ2) is 37.2. The van der Waals surface area contributed by atoms with Crippen LogP contribution in [0.3, 0.4) is 0 Å². The molecule has 0 radical (unpaired) electrons. The third-order valence-electron chi connectivity index (χ3n) is 9.72. The molecular formula is C44H84O6. The molecule has 0 aromatic heterocycles. The van der Waals surface area contributed by atoms with Crippen molar-refractivity contribution in [1.29, 1.82) is 0 Å². The number of unbranched alkanes of at least 4 members (excludes halogenated alkanes) is 23. The summed E-state index contributed by atoms with van der Waals surface area (Å²) in [6.45, 7) is 11.2. The van der Waals surface area contributed by atoms with Crippen LogP contribution >= 0.6 is 0 Å². The van der Waals surface area contributed by atoms with Gasteiger partial charge in [0, 0.05) is 19.3 Å². The fraction of sp³-hybridized carbons (Fsp3) is 0.932. The first-order valence-corrected chi connectivity index (χ1v) is 21.7. The molecule has 0 heterocycles. The van der Waals surface area contributed by atoms with E-state index in [0.29, 0.717) is 19.3 Å². The van der Waals surface area contributed by atoms with Crippen LogP contribution in [0.1, 0.15) is 234 Å². The van der Waals surface area contributed by atoms with E-state index >= 15 is 0 Å². The van der Waals surface area contributed by atoms with Crippen molar-refractivity contribution in [2.45, 2.75) is 240 Å². The SMILES string of the molecule is CCCCCCCC(=O)O[C@H](COC(=O)CCCCCCCCCCCCCCCCC(C)C)COC(=O)CCCCCCCCCC(C)C. The molecule has 0 spiro atoms. The van der Waals surface area contributed by atoms with Crippen LogP contribution < -0.4 is 0 Å². The third kappa shape index (κ3) is 37.7. The molecule has 1 atom stereocenters. The van der Waals surface area contributed by atoms with Gasteiger partial charge in [-0.05, 0) is 31.1 Å². The predicted molar refractivity (Wildman–Crippen MR) is 210 cm³/mol. The number of esters is 3. The number of carbonyl (C=O) groups excluding carboxylic acids is 3. The Bertz CT molecular complexity index is 764. The van der Waals surface area contributed by atoms with Gasteiger partial charge in [-0.1, -0.05) is 195 Å². The van der Waals surface area contributed by atoms with Crippen LogP contribution in [0, 0.1) is 11.8 Å². The summed E-state index contributed by atoms with van der Waals surface area (Å²) in [5.74, 6) is 0.750. The van der Waals surface area contributed by atoms with Crippen molar-refractivity contribution in [2.24, 2.45) is 11.8 Å². The summed E-state index contributed by atoms with van der Waals surface area (Å²) >= 11 is 0. The first-order valence-electron chi connectivity index (χ1n) is 21.7. The van der Waals surface area contributed by atoms with E-state index in [0.717, 1.165) is 76.0 Å². The summed E-state index contributed by atoms with van der Waals surface area (Å²) in [6.07, 6.45) is 34.2. The lowest BCUT2D eigenvalue weighted by Gasteiger charge is -2.18. The smallest absolute Gasteiger partial charge is 0.306 e. The lowest BCUT2D eigenvalue weighted by molar-refractivity contribution is -0.167. The van der Waals surface area contributed by atoms with Gasteiger partial charge in [0.1, 0.15) is 13.2 Å². The molecule has 0 aliphatic heterocycles. The highest BCUT2D eigenvalue weighted by Gasteiger charge is 2.19. The van der Waals surface area contributed by atoms with Crippen LogP contribution in [0.15, 0.2) is 0 Å². The van der Waals surface area contributed by atoms with Gasteiger partial charge in [-0.25, -0.2) is 0 Å². The number of rotatable bonds is 38. The van der Waals surface area contributed by atoms with Crippen molar-refractivity contribution >= 4 is 17.9 Å². The number of ether oxygens (including phenoxy) is 3. The zero-order valence-corrected chi connectivity index (χ0v) is 34.0. The monoisotopic (exact) mass is 709 g/mol. The van der Waals surface area contributed by atoms with Crippen LogP contribution in [-0.4, -0.2) is 37.2 Å². The van der Waals surface area contributed by atoms with E-state index in [1.807, 2.05) is 0 Å². The highest BCUT2D eigenvalue weighted by atomic mass is 16.6. The van der Waals surface area contributed by atoms with Crippen LogP contribution in [0.25, 0.3) is 0 Å². The molecule has 0 saturated carbocycles. The molecule has 6 nitrogen and oxygen atoms in total. The van der Waals surface area contributed by atoms with Gasteiger partial charge in [-0.15, -0.1) is 0 Å². The maximum Gasteiger partial charge on any atom is 0.306 e. The minimum Gasteiger partial charge on any atom is -0.462 e. The van der Waals surface area contributed by atoms with Gasteiger partial charge in [-0.3, -0.25) is 14.4 Å². The molecule has 0 aromatic carbocycles. The van der Waals surface area contributed by atoms with Crippen molar-refractivity contribution in [1.82, 2.24) is 0 Å². The van der Waals surface area contributed by atoms with Gasteiger partial charge in [0.15, 0.2) is 6.10 Å². The molecule has 50 heavy (non-hydrogen) atoms. The van der Waals surface area contributed by atoms with Gasteiger partial charge >= 0.3 is 17.9 Å². The van der Waals surface area contributed by atoms with E-state index in [1.54, 1.807) is 0 Å². The van der Waals surface area contributed by atoms with E-state index in [4.69, 9.17) is 14.2 Å². The molecule has 0 aliphatic rings. The molecule has 0 rings (SSSR count). The molecule has 0 amide bonds. The van der Waals surface area contributed by atoms with Gasteiger partial charge in [0.2, 0.25) is 0 Å². The largest absolute Gasteiger partial charge is 0.462 e. The Labute approximate surface area is 310 Å². The van der Waals surface area contributed by atoms with E-state index < -0.39 is 6.10 Å². The molecule has 0 aliphatic carbocycles. The quantitative estimate of drug-likeness (QED) is 0.0361. The topological polar surface area (TPSA) is 78.9 Å². The highest BCUT2D eigenvalue weighted by Crippen LogP contribution is 2.16. The van der Waals surface area contributed by atoms with E-state index in [2.05, 4.69) is 34.6 Å². The molecule has 0 saturated heterocycles. The Morgan fingerprint density at radius 3 is 0.980 bits per heavy atom. The van der Waals surface area contributed by atoms with Gasteiger partial charge in [0.25, 0.3) is 0 Å². The number of hydrogen-bond donors (Lipinski definition) is 0. The summed E-state index contributed by atoms with van der Waals surface area (Å²) in [4.78, 5) is 37.3. The first kappa shape index (κ1) is 48.4. The van der Waals surface area contributed by atoms with E-state index in [-0.39, 0.29) is 31.1 Å². The fourth-order valence-corrected chi connectivity index (χ4v) is 6.40. The second-order valence-electron chi connectivity index (χ2n) is 15.9. The molecule has 296 valence electrons. The predicted octanol–water partition coefficient (Wildman–Crippen LogP) is 13.4. The van der Waals surface area contributed by atoms with E-state index in [1.165, 1.54) is 116 Å². The van der Waals surface area contributed by atoms with Gasteiger partial charge < -0.3 is 14.2 Å². The van der Waals surface area contributed by atoms with Crippen LogP contribution in [-0.2, 0) is 28.6 Å². The fourth-order valence-electron chi connectivity index (χ4n) is 6.40. The molecule has 0 aromatic rings. The normalized spacial score (nSPS) is 12.1. The van der Waals surface area contributed by atoms with Crippen molar-refractivity contribution < 1.29 is 28.6 Å². The molecule has 0 fully saturated rings. The summed E-state index contributed by atoms with van der Waals surface area (Å²) in [5, 5.41) is 0. The summed E-state index contributed by atoms with van der Waals surface area (Å²) < 4.78 is 16.6. The maximum absolute atomic E-state index is 12.5. The minimum absolute atomic E-state index is 0.0668. The lowest BCUT2D eigenvalue weighted by Crippen LogP contribution is -2.30. The zero-order valence-electron chi connectivity index (χ0n) is 34.0. The Balaban J connectivity index is 4.12. The second-order valence-corrected chi connectivity index (χ2v) is 15.9. The van der Waals surface area contributed by atoms with Gasteiger partial charge in [-0.2, -0.15) is 0 Å². The molecular weight excluding hydrogens is 624 g/mol. The van der Waals surface area contributed by atoms with Crippen LogP contribution in [0.2, 0.25) is 0 Å². The summed E-state index contributed by atoms with van der Waals surface area (Å²) in [6, 6.07) is 0. The molecule has 0 N–H and O–H groups in total. The third-order valence-corrected chi connectivity index (χ3v) is 9.72. The Morgan fingerprint density at radius 1 is 0.380 bits per heavy atom. The van der Waals surface area contributed by atoms with Crippen LogP contribution in [0.4, 0.5) is 0 Å². The van der Waals surface area contributed by atoms with E-state index in [9.17, 15) is 14.4 Å².